The number of aryl methyl sites for hydroxylation is 2. The fourth-order valence-corrected chi connectivity index (χ4v) is 3.96. The highest BCUT2D eigenvalue weighted by Gasteiger charge is 2.16. The van der Waals surface area contributed by atoms with Gasteiger partial charge in [0.25, 0.3) is 5.91 Å². The molecule has 0 aliphatic heterocycles. The smallest absolute Gasteiger partial charge is 0.263 e. The van der Waals surface area contributed by atoms with Crippen molar-refractivity contribution in [1.29, 1.82) is 5.26 Å². The van der Waals surface area contributed by atoms with Gasteiger partial charge in [-0.25, -0.2) is 0 Å². The lowest BCUT2D eigenvalue weighted by Crippen LogP contribution is -2.29. The number of hydrogen-bond acceptors (Lipinski definition) is 5. The van der Waals surface area contributed by atoms with Crippen molar-refractivity contribution in [2.24, 2.45) is 0 Å². The zero-order chi connectivity index (χ0) is 22.9. The van der Waals surface area contributed by atoms with Crippen LogP contribution in [0.2, 0.25) is 0 Å². The van der Waals surface area contributed by atoms with E-state index >= 15 is 0 Å². The molecule has 0 bridgehead atoms. The summed E-state index contributed by atoms with van der Waals surface area (Å²) in [5.74, 6) is 0.978. The van der Waals surface area contributed by atoms with E-state index < -0.39 is 0 Å². The highest BCUT2D eigenvalue weighted by Crippen LogP contribution is 2.27. The van der Waals surface area contributed by atoms with Crippen LogP contribution in [0.3, 0.4) is 0 Å². The topological polar surface area (TPSA) is 83.4 Å². The number of benzene rings is 2. The van der Waals surface area contributed by atoms with E-state index in [1.165, 1.54) is 30.2 Å². The van der Waals surface area contributed by atoms with Crippen molar-refractivity contribution in [1.82, 2.24) is 10.6 Å². The van der Waals surface area contributed by atoms with Gasteiger partial charge in [0, 0.05) is 12.7 Å². The molecule has 6 nitrogen and oxygen atoms in total. The lowest BCUT2D eigenvalue weighted by atomic mass is 9.89. The van der Waals surface area contributed by atoms with E-state index in [1.807, 2.05) is 31.2 Å². The van der Waals surface area contributed by atoms with Crippen LogP contribution in [0.15, 0.2) is 48.2 Å². The largest absolute Gasteiger partial charge is 0.493 e. The summed E-state index contributed by atoms with van der Waals surface area (Å²) >= 11 is 0. The van der Waals surface area contributed by atoms with Gasteiger partial charge in [0.05, 0.1) is 20.3 Å². The molecule has 0 heterocycles. The maximum atomic E-state index is 12.6. The summed E-state index contributed by atoms with van der Waals surface area (Å²) in [6, 6.07) is 14.0. The minimum Gasteiger partial charge on any atom is -0.493 e. The Morgan fingerprint density at radius 2 is 1.84 bits per heavy atom. The van der Waals surface area contributed by atoms with Crippen LogP contribution in [0.1, 0.15) is 48.1 Å². The molecule has 0 saturated carbocycles. The SMILES string of the molecule is COc1ccc(CCN/C=C(/C#N)C(=O)NC(C)c2ccc3c(c2)CCCC3)cc1OC. The third-order valence-corrected chi connectivity index (χ3v) is 5.84. The van der Waals surface area contributed by atoms with Crippen molar-refractivity contribution < 1.29 is 14.3 Å². The highest BCUT2D eigenvalue weighted by molar-refractivity contribution is 5.97. The summed E-state index contributed by atoms with van der Waals surface area (Å²) in [6.45, 7) is 2.52. The van der Waals surface area contributed by atoms with E-state index in [4.69, 9.17) is 9.47 Å². The standard InChI is InChI=1S/C26H31N3O3/c1-18(21-10-9-20-6-4-5-7-22(20)15-21)29-26(30)23(16-27)17-28-13-12-19-8-11-24(31-2)25(14-19)32-3/h8-11,14-15,17-18,28H,4-7,12-13H2,1-3H3,(H,29,30)/b23-17-. The number of hydrogen-bond donors (Lipinski definition) is 2. The van der Waals surface area contributed by atoms with E-state index in [0.717, 1.165) is 24.0 Å². The average molecular weight is 434 g/mol. The zero-order valence-corrected chi connectivity index (χ0v) is 19.0. The number of nitrogens with one attached hydrogen (secondary N) is 2. The highest BCUT2D eigenvalue weighted by atomic mass is 16.5. The van der Waals surface area contributed by atoms with Crippen molar-refractivity contribution in [3.63, 3.8) is 0 Å². The van der Waals surface area contributed by atoms with Gasteiger partial charge in [-0.05, 0) is 73.4 Å². The molecule has 1 unspecified atom stereocenters. The number of carbonyl (C=O) groups is 1. The first kappa shape index (κ1) is 23.2. The molecule has 32 heavy (non-hydrogen) atoms. The lowest BCUT2D eigenvalue weighted by Gasteiger charge is -2.20. The number of ether oxygens (including phenoxy) is 2. The minimum absolute atomic E-state index is 0.0575. The first-order valence-electron chi connectivity index (χ1n) is 11.0. The summed E-state index contributed by atoms with van der Waals surface area (Å²) in [5, 5.41) is 15.4. The summed E-state index contributed by atoms with van der Waals surface area (Å²) in [4.78, 5) is 12.6. The first-order valence-corrected chi connectivity index (χ1v) is 11.0. The normalized spacial score (nSPS) is 14.0. The molecule has 1 aliphatic carbocycles. The van der Waals surface area contributed by atoms with Gasteiger partial charge in [-0.15, -0.1) is 0 Å². The van der Waals surface area contributed by atoms with Crippen molar-refractivity contribution in [3.8, 4) is 17.6 Å². The molecule has 1 atom stereocenters. The number of nitriles is 1. The minimum atomic E-state index is -0.378. The van der Waals surface area contributed by atoms with E-state index in [0.29, 0.717) is 24.5 Å². The quantitative estimate of drug-likeness (QED) is 0.355. The van der Waals surface area contributed by atoms with Crippen molar-refractivity contribution in [2.75, 3.05) is 20.8 Å². The molecule has 2 aromatic rings. The molecule has 0 spiro atoms. The molecular formula is C26H31N3O3. The number of nitrogens with zero attached hydrogens (tertiary/aromatic N) is 1. The third kappa shape index (κ3) is 5.82. The Kier molecular flexibility index (Phi) is 8.15. The molecule has 1 amide bonds. The van der Waals surface area contributed by atoms with Crippen LogP contribution < -0.4 is 20.1 Å². The van der Waals surface area contributed by atoms with E-state index in [1.54, 1.807) is 14.2 Å². The van der Waals surface area contributed by atoms with E-state index in [-0.39, 0.29) is 17.5 Å². The van der Waals surface area contributed by atoms with Gasteiger partial charge in [0.1, 0.15) is 11.6 Å². The lowest BCUT2D eigenvalue weighted by molar-refractivity contribution is -0.117. The molecular weight excluding hydrogens is 402 g/mol. The van der Waals surface area contributed by atoms with Crippen LogP contribution in [0.4, 0.5) is 0 Å². The van der Waals surface area contributed by atoms with Crippen LogP contribution in [-0.2, 0) is 24.1 Å². The molecule has 0 saturated heterocycles. The van der Waals surface area contributed by atoms with Crippen molar-refractivity contribution >= 4 is 5.91 Å². The maximum Gasteiger partial charge on any atom is 0.263 e. The van der Waals surface area contributed by atoms with E-state index in [9.17, 15) is 10.1 Å². The second kappa shape index (κ2) is 11.2. The van der Waals surface area contributed by atoms with Crippen molar-refractivity contribution in [2.45, 2.75) is 45.1 Å². The van der Waals surface area contributed by atoms with Gasteiger partial charge >= 0.3 is 0 Å². The summed E-state index contributed by atoms with van der Waals surface area (Å²) in [7, 11) is 3.20. The average Bonchev–Trinajstić information content (AvgIpc) is 2.83. The van der Waals surface area contributed by atoms with Crippen LogP contribution in [0.25, 0.3) is 0 Å². The maximum absolute atomic E-state index is 12.6. The van der Waals surface area contributed by atoms with Crippen LogP contribution in [0.5, 0.6) is 11.5 Å². The Hall–Kier alpha value is -3.46. The molecule has 6 heteroatoms. The van der Waals surface area contributed by atoms with Gasteiger partial charge in [-0.1, -0.05) is 24.3 Å². The molecule has 2 aromatic carbocycles. The monoisotopic (exact) mass is 433 g/mol. The van der Waals surface area contributed by atoms with Gasteiger partial charge in [0.2, 0.25) is 0 Å². The summed E-state index contributed by atoms with van der Waals surface area (Å²) in [6.07, 6.45) is 6.88. The second-order valence-electron chi connectivity index (χ2n) is 7.99. The van der Waals surface area contributed by atoms with Crippen LogP contribution in [-0.4, -0.2) is 26.7 Å². The van der Waals surface area contributed by atoms with Crippen LogP contribution >= 0.6 is 0 Å². The third-order valence-electron chi connectivity index (χ3n) is 5.84. The van der Waals surface area contributed by atoms with Gasteiger partial charge in [-0.3, -0.25) is 4.79 Å². The zero-order valence-electron chi connectivity index (χ0n) is 19.0. The van der Waals surface area contributed by atoms with Gasteiger partial charge in [0.15, 0.2) is 11.5 Å². The number of amides is 1. The number of rotatable bonds is 9. The first-order chi connectivity index (χ1) is 15.5. The molecule has 0 fully saturated rings. The summed E-state index contributed by atoms with van der Waals surface area (Å²) in [5.41, 5.74) is 4.98. The molecule has 168 valence electrons. The molecule has 3 rings (SSSR count). The molecule has 0 radical (unpaired) electrons. The van der Waals surface area contributed by atoms with Gasteiger partial charge in [-0.2, -0.15) is 5.26 Å². The fourth-order valence-electron chi connectivity index (χ4n) is 3.96. The Labute approximate surface area is 190 Å². The Balaban J connectivity index is 1.54. The number of carbonyl (C=O) groups excluding carboxylic acids is 1. The second-order valence-corrected chi connectivity index (χ2v) is 7.99. The summed E-state index contributed by atoms with van der Waals surface area (Å²) < 4.78 is 10.6. The van der Waals surface area contributed by atoms with Gasteiger partial charge < -0.3 is 20.1 Å². The Morgan fingerprint density at radius 3 is 2.56 bits per heavy atom. The molecule has 0 aromatic heterocycles. The Bertz CT molecular complexity index is 1020. The van der Waals surface area contributed by atoms with E-state index in [2.05, 4.69) is 28.8 Å². The predicted molar refractivity (Wildman–Crippen MR) is 125 cm³/mol. The van der Waals surface area contributed by atoms with Crippen molar-refractivity contribution in [3.05, 3.63) is 70.4 Å². The predicted octanol–water partition coefficient (Wildman–Crippen LogP) is 4.00. The van der Waals surface area contributed by atoms with Crippen LogP contribution in [0, 0.1) is 11.3 Å². The number of methoxy groups -OCH3 is 2. The molecule has 1 aliphatic rings. The Morgan fingerprint density at radius 1 is 1.09 bits per heavy atom. The molecule has 2 N–H and O–H groups in total. The number of fused-ring (bicyclic) bond motifs is 1. The fraction of sp³-hybridized carbons (Fsp3) is 0.385.